The summed E-state index contributed by atoms with van der Waals surface area (Å²) in [6.07, 6.45) is -1.53. The number of unbranched alkanes of at least 4 members (excludes halogenated alkanes) is 6. The zero-order valence-electron chi connectivity index (χ0n) is 35.5. The second-order valence-electron chi connectivity index (χ2n) is 14.7. The van der Waals surface area contributed by atoms with Gasteiger partial charge in [0.2, 0.25) is 5.91 Å². The molecule has 350 valence electrons. The monoisotopic (exact) mass is 933 g/mol. The topological polar surface area (TPSA) is 254 Å². The molecule has 3 aromatic rings. The van der Waals surface area contributed by atoms with Crippen molar-refractivity contribution in [2.75, 3.05) is 13.2 Å². The second-order valence-corrected chi connectivity index (χ2v) is 16.8. The Morgan fingerprint density at radius 1 is 0.688 bits per heavy atom. The molecule has 1 amide bonds. The van der Waals surface area contributed by atoms with E-state index in [2.05, 4.69) is 16.4 Å². The third-order valence-electron chi connectivity index (χ3n) is 9.70. The number of ether oxygens (including phenoxy) is 5. The van der Waals surface area contributed by atoms with Crippen LogP contribution < -0.4 is 5.32 Å². The molecule has 0 aromatic heterocycles. The maximum absolute atomic E-state index is 13.7. The van der Waals surface area contributed by atoms with Crippen LogP contribution in [0.2, 0.25) is 0 Å². The van der Waals surface area contributed by atoms with Gasteiger partial charge in [-0.1, -0.05) is 107 Å². The summed E-state index contributed by atoms with van der Waals surface area (Å²) in [4.78, 5) is 54.4. The molecule has 3 N–H and O–H groups in total. The number of hydrogen-bond donors (Lipinski definition) is 3. The minimum Gasteiger partial charge on any atom is -0.452 e. The summed E-state index contributed by atoms with van der Waals surface area (Å²) in [7, 11) is -10.8. The largest absolute Gasteiger partial charge is 0.452 e. The fourth-order valence-electron chi connectivity index (χ4n) is 6.52. The first kappa shape index (κ1) is 51.6. The van der Waals surface area contributed by atoms with Crippen molar-refractivity contribution in [2.24, 2.45) is 0 Å². The molecule has 0 spiro atoms. The molecule has 18 nitrogen and oxygen atoms in total. The molecule has 1 fully saturated rings. The number of carbonyl (C=O) groups is 4. The first-order chi connectivity index (χ1) is 30.6. The van der Waals surface area contributed by atoms with Crippen molar-refractivity contribution in [3.05, 3.63) is 120 Å². The highest BCUT2D eigenvalue weighted by molar-refractivity contribution is 7.81. The molecular weight excluding hydrogens is 879 g/mol. The van der Waals surface area contributed by atoms with Crippen molar-refractivity contribution >= 4 is 44.6 Å². The van der Waals surface area contributed by atoms with Crippen molar-refractivity contribution in [1.29, 1.82) is 0 Å². The summed E-state index contributed by atoms with van der Waals surface area (Å²) in [6.45, 7) is 2.21. The molecule has 0 unspecified atom stereocenters. The summed E-state index contributed by atoms with van der Waals surface area (Å²) in [5.74, 6) is -3.37. The molecule has 0 bridgehead atoms. The zero-order chi connectivity index (χ0) is 46.5. The SMILES string of the molecule is CCCCCC/C=C/[C@@H](OC(=O)c1ccccc1)[C@H](CO[C@H]1O[C@H](COS(=O)(=O)O)[C@H](OS(=O)(=O)O)[C@H](OC(=O)c2ccccc2)[C@H]1OC(=O)c1ccccc1)NC(=O)CCCCC. The molecule has 0 aliphatic carbocycles. The Morgan fingerprint density at radius 3 is 1.75 bits per heavy atom. The summed E-state index contributed by atoms with van der Waals surface area (Å²) in [5, 5.41) is 2.86. The first-order valence-electron chi connectivity index (χ1n) is 20.9. The van der Waals surface area contributed by atoms with Crippen LogP contribution in [0.5, 0.6) is 0 Å². The van der Waals surface area contributed by atoms with Crippen LogP contribution in [-0.2, 0) is 57.6 Å². The smallest absolute Gasteiger partial charge is 0.397 e. The van der Waals surface area contributed by atoms with Gasteiger partial charge in [-0.2, -0.15) is 16.8 Å². The highest BCUT2D eigenvalue weighted by atomic mass is 32.3. The quantitative estimate of drug-likeness (QED) is 0.0274. The number of allylic oxidation sites excluding steroid dienone is 1. The Bertz CT molecular complexity index is 2170. The van der Waals surface area contributed by atoms with E-state index in [-0.39, 0.29) is 23.1 Å². The van der Waals surface area contributed by atoms with Crippen molar-refractivity contribution in [3.63, 3.8) is 0 Å². The van der Waals surface area contributed by atoms with Crippen LogP contribution in [0.25, 0.3) is 0 Å². The van der Waals surface area contributed by atoms with Crippen LogP contribution in [0.3, 0.4) is 0 Å². The Labute approximate surface area is 373 Å². The van der Waals surface area contributed by atoms with Crippen LogP contribution >= 0.6 is 0 Å². The van der Waals surface area contributed by atoms with E-state index in [0.717, 1.165) is 38.5 Å². The van der Waals surface area contributed by atoms with Gasteiger partial charge in [-0.25, -0.2) is 22.7 Å². The van der Waals surface area contributed by atoms with Crippen molar-refractivity contribution in [1.82, 2.24) is 5.32 Å². The molecule has 7 atom stereocenters. The van der Waals surface area contributed by atoms with Gasteiger partial charge >= 0.3 is 38.7 Å². The van der Waals surface area contributed by atoms with E-state index in [1.54, 1.807) is 54.6 Å². The number of esters is 3. The van der Waals surface area contributed by atoms with Gasteiger partial charge in [0.25, 0.3) is 0 Å². The summed E-state index contributed by atoms with van der Waals surface area (Å²) < 4.78 is 107. The predicted octanol–water partition coefficient (Wildman–Crippen LogP) is 6.00. The molecule has 1 aliphatic heterocycles. The van der Waals surface area contributed by atoms with E-state index in [4.69, 9.17) is 27.9 Å². The van der Waals surface area contributed by atoms with Gasteiger partial charge in [0.15, 0.2) is 18.5 Å². The molecule has 1 saturated heterocycles. The normalized spacial score (nSPS) is 19.9. The summed E-state index contributed by atoms with van der Waals surface area (Å²) >= 11 is 0. The number of nitrogens with one attached hydrogen (secondary N) is 1. The third-order valence-corrected chi connectivity index (χ3v) is 10.6. The predicted molar refractivity (Wildman–Crippen MR) is 229 cm³/mol. The average molecular weight is 934 g/mol. The summed E-state index contributed by atoms with van der Waals surface area (Å²) in [5.41, 5.74) is 0.0925. The van der Waals surface area contributed by atoms with Crippen LogP contribution in [0.1, 0.15) is 103 Å². The van der Waals surface area contributed by atoms with E-state index < -0.39 is 101 Å². The number of carbonyl (C=O) groups excluding carboxylic acids is 4. The Morgan fingerprint density at radius 2 is 1.22 bits per heavy atom. The molecule has 0 saturated carbocycles. The minimum absolute atomic E-state index is 0.0346. The lowest BCUT2D eigenvalue weighted by molar-refractivity contribution is -0.296. The standard InChI is InChI=1S/C44H55NO17S2/c1-3-5-7-8-9-20-27-35(58-41(47)31-21-14-10-15-22-31)34(45-37(46)28-13-6-4-2)29-56-44-40(61-43(49)33-25-18-12-19-26-33)39(60-42(48)32-23-16-11-17-24-32)38(62-64(53,54)55)36(59-44)30-57-63(50,51)52/h10-12,14-27,34-36,38-40,44H,3-9,13,28-30H2,1-2H3,(H,45,46)(H,50,51,52)(H,53,54,55)/b27-20+/t34-,35+,36+,38-,39-,40+,44-/m0/s1. The van der Waals surface area contributed by atoms with Crippen LogP contribution in [0.4, 0.5) is 0 Å². The molecule has 1 heterocycles. The van der Waals surface area contributed by atoms with Gasteiger partial charge < -0.3 is 29.0 Å². The molecule has 3 aromatic carbocycles. The molecule has 1 aliphatic rings. The van der Waals surface area contributed by atoms with Gasteiger partial charge in [0.1, 0.15) is 18.3 Å². The Hall–Kier alpha value is -5.06. The molecule has 64 heavy (non-hydrogen) atoms. The second kappa shape index (κ2) is 26.0. The minimum atomic E-state index is -5.50. The Balaban J connectivity index is 1.82. The molecular formula is C44H55NO17S2. The van der Waals surface area contributed by atoms with Crippen LogP contribution in [-0.4, -0.2) is 106 Å². The fraction of sp³-hybridized carbons (Fsp3) is 0.455. The lowest BCUT2D eigenvalue weighted by Gasteiger charge is -2.44. The van der Waals surface area contributed by atoms with E-state index in [9.17, 15) is 45.1 Å². The maximum atomic E-state index is 13.7. The molecule has 0 radical (unpaired) electrons. The lowest BCUT2D eigenvalue weighted by atomic mass is 9.98. The van der Waals surface area contributed by atoms with Crippen molar-refractivity contribution < 1.29 is 77.2 Å². The van der Waals surface area contributed by atoms with E-state index in [1.165, 1.54) is 48.5 Å². The van der Waals surface area contributed by atoms with Crippen LogP contribution in [0.15, 0.2) is 103 Å². The third kappa shape index (κ3) is 17.8. The fourth-order valence-corrected chi connectivity index (χ4v) is 7.34. The van der Waals surface area contributed by atoms with Crippen molar-refractivity contribution in [3.8, 4) is 0 Å². The average Bonchev–Trinajstić information content (AvgIpc) is 3.27. The number of rotatable bonds is 26. The Kier molecular flexibility index (Phi) is 21.0. The lowest BCUT2D eigenvalue weighted by Crippen LogP contribution is -2.63. The van der Waals surface area contributed by atoms with E-state index >= 15 is 0 Å². The number of benzene rings is 3. The molecule has 20 heteroatoms. The summed E-state index contributed by atoms with van der Waals surface area (Å²) in [6, 6.07) is 21.6. The number of hydrogen-bond acceptors (Lipinski definition) is 15. The molecule has 4 rings (SSSR count). The van der Waals surface area contributed by atoms with Crippen molar-refractivity contribution in [2.45, 2.75) is 114 Å². The van der Waals surface area contributed by atoms with Gasteiger partial charge in [-0.3, -0.25) is 13.9 Å². The zero-order valence-corrected chi connectivity index (χ0v) is 37.1. The van der Waals surface area contributed by atoms with Gasteiger partial charge in [-0.05, 0) is 61.7 Å². The van der Waals surface area contributed by atoms with Gasteiger partial charge in [-0.15, -0.1) is 0 Å². The van der Waals surface area contributed by atoms with E-state index in [1.807, 2.05) is 6.92 Å². The number of amides is 1. The van der Waals surface area contributed by atoms with Gasteiger partial charge in [0.05, 0.1) is 35.9 Å². The van der Waals surface area contributed by atoms with Gasteiger partial charge in [0, 0.05) is 6.42 Å². The highest BCUT2D eigenvalue weighted by Crippen LogP contribution is 2.32. The maximum Gasteiger partial charge on any atom is 0.397 e. The van der Waals surface area contributed by atoms with Crippen LogP contribution in [0, 0.1) is 0 Å². The highest BCUT2D eigenvalue weighted by Gasteiger charge is 2.54. The van der Waals surface area contributed by atoms with E-state index in [0.29, 0.717) is 12.8 Å². The first-order valence-corrected chi connectivity index (χ1v) is 23.6.